The quantitative estimate of drug-likeness (QED) is 0.595. The van der Waals surface area contributed by atoms with E-state index >= 15 is 0 Å². The van der Waals surface area contributed by atoms with Gasteiger partial charge in [0.15, 0.2) is 0 Å². The maximum atomic E-state index is 2.49. The Bertz CT molecular complexity index is 757. The van der Waals surface area contributed by atoms with Crippen LogP contribution in [-0.2, 0) is 29.7 Å². The van der Waals surface area contributed by atoms with E-state index in [1.807, 2.05) is 0 Å². The van der Waals surface area contributed by atoms with E-state index in [0.29, 0.717) is 0 Å². The van der Waals surface area contributed by atoms with Gasteiger partial charge in [-0.15, -0.1) is 0 Å². The van der Waals surface area contributed by atoms with E-state index in [4.69, 9.17) is 0 Å². The Morgan fingerprint density at radius 1 is 0.905 bits per heavy atom. The van der Waals surface area contributed by atoms with Crippen LogP contribution in [0.5, 0.6) is 0 Å². The van der Waals surface area contributed by atoms with Crippen LogP contribution < -0.4 is 24.8 Å². The average Bonchev–Trinajstić information content (AvgIpc) is 3.09. The summed E-state index contributed by atoms with van der Waals surface area (Å²) in [4.78, 5) is 0. The van der Waals surface area contributed by atoms with Crippen LogP contribution in [0, 0.1) is 0 Å². The third-order valence-electron chi connectivity index (χ3n) is 3.88. The monoisotopic (exact) mass is 390 g/mol. The summed E-state index contributed by atoms with van der Waals surface area (Å²) >= 11 is -0.582. The van der Waals surface area contributed by atoms with Crippen LogP contribution in [0.2, 0.25) is 0 Å². The van der Waals surface area contributed by atoms with Crippen molar-refractivity contribution in [2.45, 2.75) is 12.8 Å². The first-order valence-electron chi connectivity index (χ1n) is 6.76. The molecule has 0 aromatic heterocycles. The molecule has 0 bridgehead atoms. The maximum Gasteiger partial charge on any atom is -1.00 e. The Morgan fingerprint density at radius 3 is 2.57 bits per heavy atom. The molecule has 0 N–H and O–H groups in total. The van der Waals surface area contributed by atoms with E-state index in [1.165, 1.54) is 22.8 Å². The number of allylic oxidation sites excluding steroid dienone is 5. The van der Waals surface area contributed by atoms with Crippen molar-refractivity contribution in [3.8, 4) is 0 Å². The fourth-order valence-corrected chi connectivity index (χ4v) is 6.31. The Labute approximate surface area is 149 Å². The number of halogens is 2. The molecule has 0 heterocycles. The van der Waals surface area contributed by atoms with Crippen molar-refractivity contribution in [2.75, 3.05) is 0 Å². The summed E-state index contributed by atoms with van der Waals surface area (Å²) in [5, 5.41) is 2.84. The molecule has 0 fully saturated rings. The smallest absolute Gasteiger partial charge is 1.00 e. The molecule has 104 valence electrons. The molecule has 0 aliphatic heterocycles. The van der Waals surface area contributed by atoms with Gasteiger partial charge in [-0.2, -0.15) is 0 Å². The molecular formula is C18H14Cl2Zr. The second-order valence-corrected chi connectivity index (χ2v) is 8.61. The number of hydrogen-bond acceptors (Lipinski definition) is 0. The molecule has 0 unspecified atom stereocenters. The van der Waals surface area contributed by atoms with Crippen LogP contribution in [-0.4, -0.2) is 0 Å². The molecule has 4 rings (SSSR count). The molecule has 21 heavy (non-hydrogen) atoms. The summed E-state index contributed by atoms with van der Waals surface area (Å²) < 4.78 is 3.39. The summed E-state index contributed by atoms with van der Waals surface area (Å²) in [6.45, 7) is 0. The molecule has 2 aromatic carbocycles. The van der Waals surface area contributed by atoms with Crippen LogP contribution in [0.15, 0.2) is 64.0 Å². The normalized spacial score (nSPS) is 14.7. The topological polar surface area (TPSA) is 0 Å². The Morgan fingerprint density at radius 2 is 1.76 bits per heavy atom. The summed E-state index contributed by atoms with van der Waals surface area (Å²) in [6.07, 6.45) is 11.7. The van der Waals surface area contributed by atoms with Gasteiger partial charge in [-0.1, -0.05) is 0 Å². The molecule has 0 saturated carbocycles. The Balaban J connectivity index is 0.000000807. The molecular weight excluding hydrogens is 378 g/mol. The zero-order valence-electron chi connectivity index (χ0n) is 11.4. The van der Waals surface area contributed by atoms with Gasteiger partial charge in [0.25, 0.3) is 0 Å². The van der Waals surface area contributed by atoms with Crippen molar-refractivity contribution in [2.24, 2.45) is 0 Å². The van der Waals surface area contributed by atoms with Gasteiger partial charge < -0.3 is 24.8 Å². The van der Waals surface area contributed by atoms with E-state index in [2.05, 4.69) is 60.7 Å². The zero-order chi connectivity index (χ0) is 12.7. The third-order valence-corrected chi connectivity index (χ3v) is 7.36. The first-order chi connectivity index (χ1) is 9.42. The number of rotatable bonds is 2. The predicted molar refractivity (Wildman–Crippen MR) is 77.5 cm³/mol. The molecule has 0 amide bonds. The van der Waals surface area contributed by atoms with E-state index in [9.17, 15) is 0 Å². The third kappa shape index (κ3) is 3.11. The minimum atomic E-state index is -0.582. The molecule has 3 heteroatoms. The maximum absolute atomic E-state index is 2.49. The van der Waals surface area contributed by atoms with E-state index in [-0.39, 0.29) is 24.8 Å². The average molecular weight is 392 g/mol. The van der Waals surface area contributed by atoms with Crippen molar-refractivity contribution in [3.63, 3.8) is 0 Å². The van der Waals surface area contributed by atoms with Gasteiger partial charge in [-0.05, 0) is 0 Å². The van der Waals surface area contributed by atoms with Gasteiger partial charge >= 0.3 is 125 Å². The molecule has 0 radical (unpaired) electrons. The minimum absolute atomic E-state index is 0. The van der Waals surface area contributed by atoms with Crippen molar-refractivity contribution >= 4 is 14.1 Å². The largest absolute Gasteiger partial charge is 1.00 e. The molecule has 2 aliphatic carbocycles. The van der Waals surface area contributed by atoms with Gasteiger partial charge in [0.1, 0.15) is 0 Å². The molecule has 0 saturated heterocycles. The Hall–Kier alpha value is -0.617. The summed E-state index contributed by atoms with van der Waals surface area (Å²) in [5.41, 5.74) is 3.10. The SMILES string of the molecule is C1=CC[C]([Zr+2][C]2=CCc3ccc4ccccc4c32)=C1.[Cl-].[Cl-]. The summed E-state index contributed by atoms with van der Waals surface area (Å²) in [6, 6.07) is 13.4. The minimum Gasteiger partial charge on any atom is -1.00 e. The van der Waals surface area contributed by atoms with Gasteiger partial charge in [-0.25, -0.2) is 0 Å². The van der Waals surface area contributed by atoms with Crippen molar-refractivity contribution in [1.29, 1.82) is 0 Å². The summed E-state index contributed by atoms with van der Waals surface area (Å²) in [7, 11) is 0. The number of benzene rings is 2. The predicted octanol–water partition coefficient (Wildman–Crippen LogP) is -1.33. The van der Waals surface area contributed by atoms with Crippen molar-refractivity contribution < 1.29 is 48.0 Å². The number of hydrogen-bond donors (Lipinski definition) is 0. The fraction of sp³-hybridized carbons (Fsp3) is 0.111. The molecule has 2 aliphatic rings. The standard InChI is InChI=1S/C13H9.C5H5.2ClH.Zr/c1-2-6-12-10(4-1)8-9-11-5-3-7-13(11)12;1-2-4-5-3-1;;;/h1-4,6,8-9H,5H2;1-3H,4H2;2*1H;/q;;;;+2/p-2. The van der Waals surface area contributed by atoms with E-state index < -0.39 is 23.2 Å². The first kappa shape index (κ1) is 16.7. The fourth-order valence-electron chi connectivity index (χ4n) is 2.95. The molecule has 0 atom stereocenters. The van der Waals surface area contributed by atoms with Crippen LogP contribution in [0.4, 0.5) is 0 Å². The molecule has 2 aromatic rings. The van der Waals surface area contributed by atoms with Crippen LogP contribution >= 0.6 is 0 Å². The van der Waals surface area contributed by atoms with Crippen molar-refractivity contribution in [3.05, 3.63) is 75.1 Å². The van der Waals surface area contributed by atoms with E-state index in [1.54, 1.807) is 12.1 Å². The summed E-state index contributed by atoms with van der Waals surface area (Å²) in [5.74, 6) is 0. The van der Waals surface area contributed by atoms with Gasteiger partial charge in [0.2, 0.25) is 0 Å². The molecule has 0 spiro atoms. The number of fused-ring (bicyclic) bond motifs is 3. The Kier molecular flexibility index (Phi) is 5.66. The van der Waals surface area contributed by atoms with E-state index in [0.717, 1.165) is 6.42 Å². The van der Waals surface area contributed by atoms with Crippen molar-refractivity contribution in [1.82, 2.24) is 0 Å². The zero-order valence-corrected chi connectivity index (χ0v) is 15.4. The van der Waals surface area contributed by atoms with Gasteiger partial charge in [-0.3, -0.25) is 0 Å². The second-order valence-electron chi connectivity index (χ2n) is 5.09. The van der Waals surface area contributed by atoms with Gasteiger partial charge in [0, 0.05) is 0 Å². The second kappa shape index (κ2) is 7.10. The van der Waals surface area contributed by atoms with Crippen LogP contribution in [0.1, 0.15) is 17.5 Å². The van der Waals surface area contributed by atoms with Crippen LogP contribution in [0.3, 0.4) is 0 Å². The van der Waals surface area contributed by atoms with Gasteiger partial charge in [0.05, 0.1) is 0 Å². The van der Waals surface area contributed by atoms with Crippen LogP contribution in [0.25, 0.3) is 14.1 Å². The first-order valence-corrected chi connectivity index (χ1v) is 9.21. The molecule has 0 nitrogen and oxygen atoms in total.